The summed E-state index contributed by atoms with van der Waals surface area (Å²) in [4.78, 5) is 13.6. The van der Waals surface area contributed by atoms with Gasteiger partial charge in [0.1, 0.15) is 12.3 Å². The predicted molar refractivity (Wildman–Crippen MR) is 103 cm³/mol. The van der Waals surface area contributed by atoms with Crippen molar-refractivity contribution in [2.24, 2.45) is 0 Å². The number of quaternary nitrogens is 1. The second kappa shape index (κ2) is 9.09. The second-order valence-electron chi connectivity index (χ2n) is 5.94. The molecule has 0 fully saturated rings. The largest absolute Gasteiger partial charge is 0.494 e. The molecule has 0 aromatic heterocycles. The van der Waals surface area contributed by atoms with Crippen molar-refractivity contribution >= 4 is 34.8 Å². The van der Waals surface area contributed by atoms with Crippen LogP contribution in [0.2, 0.25) is 10.0 Å². The van der Waals surface area contributed by atoms with Crippen molar-refractivity contribution in [2.45, 2.75) is 26.4 Å². The van der Waals surface area contributed by atoms with Crippen LogP contribution in [-0.2, 0) is 11.3 Å². The maximum atomic E-state index is 12.5. The molecule has 2 atom stereocenters. The zero-order valence-corrected chi connectivity index (χ0v) is 16.1. The summed E-state index contributed by atoms with van der Waals surface area (Å²) in [6, 6.07) is 12.7. The molecule has 0 spiro atoms. The van der Waals surface area contributed by atoms with Crippen molar-refractivity contribution in [2.75, 3.05) is 19.0 Å². The monoisotopic (exact) mass is 381 g/mol. The number of anilines is 1. The summed E-state index contributed by atoms with van der Waals surface area (Å²) in [6.45, 7) is 5.23. The summed E-state index contributed by atoms with van der Waals surface area (Å²) in [5.74, 6) is 0.764. The first-order valence-corrected chi connectivity index (χ1v) is 8.96. The second-order valence-corrected chi connectivity index (χ2v) is 6.78. The van der Waals surface area contributed by atoms with Gasteiger partial charge < -0.3 is 15.0 Å². The van der Waals surface area contributed by atoms with Gasteiger partial charge in [-0.2, -0.15) is 0 Å². The Kier molecular flexibility index (Phi) is 7.12. The number of amides is 1. The Morgan fingerprint density at radius 3 is 2.48 bits per heavy atom. The lowest BCUT2D eigenvalue weighted by Crippen LogP contribution is -3.12. The minimum absolute atomic E-state index is 0.0901. The highest BCUT2D eigenvalue weighted by Gasteiger charge is 2.22. The lowest BCUT2D eigenvalue weighted by molar-refractivity contribution is -0.907. The van der Waals surface area contributed by atoms with Gasteiger partial charge in [-0.05, 0) is 56.3 Å². The van der Waals surface area contributed by atoms with E-state index in [1.165, 1.54) is 0 Å². The van der Waals surface area contributed by atoms with Crippen molar-refractivity contribution in [1.82, 2.24) is 0 Å². The number of hydrogen-bond acceptors (Lipinski definition) is 2. The minimum atomic E-state index is -0.238. The van der Waals surface area contributed by atoms with E-state index in [0.717, 1.165) is 22.8 Å². The molecule has 0 heterocycles. The van der Waals surface area contributed by atoms with Crippen molar-refractivity contribution in [3.05, 3.63) is 58.1 Å². The molecule has 0 saturated heterocycles. The third kappa shape index (κ3) is 5.63. The number of ether oxygens (including phenoxy) is 1. The highest BCUT2D eigenvalue weighted by molar-refractivity contribution is 6.36. The van der Waals surface area contributed by atoms with Crippen LogP contribution in [-0.4, -0.2) is 25.6 Å². The Morgan fingerprint density at radius 1 is 1.20 bits per heavy atom. The van der Waals surface area contributed by atoms with Gasteiger partial charge in [0.2, 0.25) is 0 Å². The molecule has 1 amide bonds. The summed E-state index contributed by atoms with van der Waals surface area (Å²) in [7, 11) is 1.99. The molecule has 25 heavy (non-hydrogen) atoms. The molecule has 0 bridgehead atoms. The smallest absolute Gasteiger partial charge is 0.282 e. The molecule has 4 nitrogen and oxygen atoms in total. The van der Waals surface area contributed by atoms with Gasteiger partial charge >= 0.3 is 0 Å². The molecule has 0 aliphatic carbocycles. The normalized spacial score (nSPS) is 13.2. The summed E-state index contributed by atoms with van der Waals surface area (Å²) >= 11 is 12.0. The maximum absolute atomic E-state index is 12.5. The molecule has 0 radical (unpaired) electrons. The summed E-state index contributed by atoms with van der Waals surface area (Å²) in [5, 5.41) is 3.82. The Morgan fingerprint density at radius 2 is 1.88 bits per heavy atom. The van der Waals surface area contributed by atoms with Crippen LogP contribution in [0.3, 0.4) is 0 Å². The molecule has 134 valence electrons. The molecule has 2 rings (SSSR count). The quantitative estimate of drug-likeness (QED) is 0.771. The molecule has 0 saturated carbocycles. The number of nitrogens with one attached hydrogen (secondary N) is 2. The molecule has 2 N–H and O–H groups in total. The Balaban J connectivity index is 1.96. The van der Waals surface area contributed by atoms with Gasteiger partial charge in [0.15, 0.2) is 6.04 Å². The van der Waals surface area contributed by atoms with Crippen LogP contribution < -0.4 is 15.0 Å². The van der Waals surface area contributed by atoms with E-state index in [4.69, 9.17) is 27.9 Å². The maximum Gasteiger partial charge on any atom is 0.282 e. The zero-order valence-electron chi connectivity index (χ0n) is 14.6. The highest BCUT2D eigenvalue weighted by Crippen LogP contribution is 2.25. The fraction of sp³-hybridized carbons (Fsp3) is 0.316. The van der Waals surface area contributed by atoms with E-state index in [2.05, 4.69) is 5.32 Å². The van der Waals surface area contributed by atoms with Gasteiger partial charge in [-0.15, -0.1) is 0 Å². The van der Waals surface area contributed by atoms with Crippen LogP contribution in [0.15, 0.2) is 42.5 Å². The zero-order chi connectivity index (χ0) is 18.4. The molecule has 2 aromatic rings. The number of carbonyl (C=O) groups is 1. The van der Waals surface area contributed by atoms with Gasteiger partial charge in [-0.1, -0.05) is 23.2 Å². The average Bonchev–Trinajstić information content (AvgIpc) is 2.58. The van der Waals surface area contributed by atoms with Crippen LogP contribution in [0.4, 0.5) is 5.69 Å². The van der Waals surface area contributed by atoms with Gasteiger partial charge in [0, 0.05) is 10.6 Å². The SMILES string of the molecule is CCOc1ccc(C[NH+](C)[C@@H](C)C(=O)Nc2ccc(Cl)cc2Cl)cc1. The van der Waals surface area contributed by atoms with E-state index in [0.29, 0.717) is 22.3 Å². The number of halogens is 2. The van der Waals surface area contributed by atoms with E-state index in [1.807, 2.05) is 45.2 Å². The van der Waals surface area contributed by atoms with Crippen molar-refractivity contribution < 1.29 is 14.4 Å². The fourth-order valence-electron chi connectivity index (χ4n) is 2.40. The van der Waals surface area contributed by atoms with Crippen LogP contribution >= 0.6 is 23.2 Å². The van der Waals surface area contributed by atoms with Crippen molar-refractivity contribution in [3.63, 3.8) is 0 Å². The highest BCUT2D eigenvalue weighted by atomic mass is 35.5. The van der Waals surface area contributed by atoms with Gasteiger partial charge in [0.25, 0.3) is 5.91 Å². The number of rotatable bonds is 7. The van der Waals surface area contributed by atoms with E-state index < -0.39 is 0 Å². The lowest BCUT2D eigenvalue weighted by Gasteiger charge is -2.21. The lowest BCUT2D eigenvalue weighted by atomic mass is 10.1. The number of hydrogen-bond donors (Lipinski definition) is 2. The number of benzene rings is 2. The molecular formula is C19H23Cl2N2O2+. The fourth-order valence-corrected chi connectivity index (χ4v) is 2.86. The molecule has 1 unspecified atom stereocenters. The molecule has 0 aliphatic heterocycles. The summed E-state index contributed by atoms with van der Waals surface area (Å²) in [5.41, 5.74) is 1.71. The van der Waals surface area contributed by atoms with Gasteiger partial charge in [-0.3, -0.25) is 4.79 Å². The van der Waals surface area contributed by atoms with Crippen molar-refractivity contribution in [1.29, 1.82) is 0 Å². The van der Waals surface area contributed by atoms with Crippen LogP contribution in [0, 0.1) is 0 Å². The predicted octanol–water partition coefficient (Wildman–Crippen LogP) is 3.43. The molecule has 6 heteroatoms. The first kappa shape index (κ1) is 19.6. The Hall–Kier alpha value is -1.75. The number of carbonyl (C=O) groups excluding carboxylic acids is 1. The minimum Gasteiger partial charge on any atom is -0.494 e. The third-order valence-corrected chi connectivity index (χ3v) is 4.59. The van der Waals surface area contributed by atoms with Gasteiger partial charge in [-0.25, -0.2) is 0 Å². The first-order chi connectivity index (χ1) is 11.9. The van der Waals surface area contributed by atoms with Gasteiger partial charge in [0.05, 0.1) is 24.4 Å². The van der Waals surface area contributed by atoms with E-state index in [1.54, 1.807) is 18.2 Å². The summed E-state index contributed by atoms with van der Waals surface area (Å²) < 4.78 is 5.44. The van der Waals surface area contributed by atoms with Crippen LogP contribution in [0.5, 0.6) is 5.75 Å². The summed E-state index contributed by atoms with van der Waals surface area (Å²) in [6.07, 6.45) is 0. The van der Waals surface area contributed by atoms with E-state index >= 15 is 0 Å². The van der Waals surface area contributed by atoms with E-state index in [-0.39, 0.29) is 11.9 Å². The Labute approximate surface area is 158 Å². The first-order valence-electron chi connectivity index (χ1n) is 8.20. The third-order valence-electron chi connectivity index (χ3n) is 4.04. The van der Waals surface area contributed by atoms with Crippen LogP contribution in [0.1, 0.15) is 19.4 Å². The van der Waals surface area contributed by atoms with E-state index in [9.17, 15) is 4.79 Å². The van der Waals surface area contributed by atoms with Crippen molar-refractivity contribution in [3.8, 4) is 5.75 Å². The average molecular weight is 382 g/mol. The Bertz CT molecular complexity index is 720. The molecular weight excluding hydrogens is 359 g/mol. The van der Waals surface area contributed by atoms with Crippen LogP contribution in [0.25, 0.3) is 0 Å². The topological polar surface area (TPSA) is 42.8 Å². The molecule has 0 aliphatic rings. The molecule has 2 aromatic carbocycles. The standard InChI is InChI=1S/C19H22Cl2N2O2/c1-4-25-16-8-5-14(6-9-16)12-23(3)13(2)19(24)22-18-10-7-15(20)11-17(18)21/h5-11,13H,4,12H2,1-3H3,(H,22,24)/p+1/t13-/m0/s1. The number of likely N-dealkylation sites (N-methyl/N-ethyl adjacent to an activating group) is 1.